The summed E-state index contributed by atoms with van der Waals surface area (Å²) in [6.07, 6.45) is 1.29. The number of aliphatic imine (C=N–C) groups is 1. The molecule has 2 rings (SSSR count). The Hall–Kier alpha value is -1.10. The second kappa shape index (κ2) is 2.70. The van der Waals surface area contributed by atoms with Gasteiger partial charge in [-0.3, -0.25) is 5.06 Å². The van der Waals surface area contributed by atoms with E-state index in [9.17, 15) is 5.21 Å². The summed E-state index contributed by atoms with van der Waals surface area (Å²) < 4.78 is 0. The van der Waals surface area contributed by atoms with Gasteiger partial charge in [-0.2, -0.15) is 4.99 Å². The Morgan fingerprint density at radius 3 is 3.00 bits per heavy atom. The zero-order valence-electron chi connectivity index (χ0n) is 6.97. The zero-order valence-corrected chi connectivity index (χ0v) is 7.72. The minimum Gasteiger partial charge on any atom is -0.623 e. The summed E-state index contributed by atoms with van der Waals surface area (Å²) in [5.74, 6) is 0. The predicted octanol–water partition coefficient (Wildman–Crippen LogP) is 0.918. The average Bonchev–Trinajstić information content (AvgIpc) is 2.45. The number of nitrogen functional groups attached to an aromatic ring is 1. The molecule has 1 unspecified atom stereocenters. The van der Waals surface area contributed by atoms with Gasteiger partial charge in [-0.15, -0.1) is 0 Å². The van der Waals surface area contributed by atoms with Crippen LogP contribution in [0, 0.1) is 12.1 Å². The van der Waals surface area contributed by atoms with Gasteiger partial charge < -0.3 is 10.9 Å². The molecule has 0 spiro atoms. The number of anilines is 1. The Morgan fingerprint density at radius 1 is 1.62 bits per heavy atom. The molecule has 5 heteroatoms. The Labute approximate surface area is 80.2 Å². The summed E-state index contributed by atoms with van der Waals surface area (Å²) in [4.78, 5) is 3.97. The van der Waals surface area contributed by atoms with Gasteiger partial charge in [0.05, 0.1) is 10.7 Å². The number of benzene rings is 1. The monoisotopic (exact) mass is 197 g/mol. The van der Waals surface area contributed by atoms with E-state index in [1.54, 1.807) is 13.0 Å². The highest BCUT2D eigenvalue weighted by Gasteiger charge is 2.20. The van der Waals surface area contributed by atoms with E-state index in [4.69, 9.17) is 17.3 Å². The first kappa shape index (κ1) is 8.50. The van der Waals surface area contributed by atoms with Crippen molar-refractivity contribution in [3.8, 4) is 0 Å². The summed E-state index contributed by atoms with van der Waals surface area (Å²) in [5.41, 5.74) is 8.13. The standard InChI is InChI=1S/C8H8ClN3O/c1-4-7(10)5(9)2-6-8(4)11-3-12(6)13/h2-3,12H,10H2,1H3. The van der Waals surface area contributed by atoms with E-state index >= 15 is 0 Å². The number of rotatable bonds is 0. The molecule has 0 aromatic heterocycles. The smallest absolute Gasteiger partial charge is 0.194 e. The van der Waals surface area contributed by atoms with E-state index in [0.717, 1.165) is 5.56 Å². The van der Waals surface area contributed by atoms with Crippen LogP contribution in [0.3, 0.4) is 0 Å². The third-order valence-corrected chi connectivity index (χ3v) is 2.43. The first-order chi connectivity index (χ1) is 6.11. The molecule has 0 saturated carbocycles. The first-order valence-corrected chi connectivity index (χ1v) is 4.16. The van der Waals surface area contributed by atoms with Crippen molar-refractivity contribution < 1.29 is 5.06 Å². The van der Waals surface area contributed by atoms with Crippen LogP contribution in [0.2, 0.25) is 5.02 Å². The normalized spacial score (nSPS) is 19.2. The number of hydroxylamine groups is 1. The highest BCUT2D eigenvalue weighted by molar-refractivity contribution is 6.33. The molecule has 1 aromatic rings. The molecule has 0 radical (unpaired) electrons. The zero-order chi connectivity index (χ0) is 9.59. The van der Waals surface area contributed by atoms with Crippen molar-refractivity contribution in [2.45, 2.75) is 6.92 Å². The van der Waals surface area contributed by atoms with Gasteiger partial charge in [0.25, 0.3) is 0 Å². The third kappa shape index (κ3) is 1.11. The van der Waals surface area contributed by atoms with Crippen molar-refractivity contribution in [2.75, 3.05) is 5.73 Å². The quantitative estimate of drug-likeness (QED) is 0.480. The Morgan fingerprint density at radius 2 is 2.31 bits per heavy atom. The molecule has 1 aliphatic heterocycles. The van der Waals surface area contributed by atoms with Crippen molar-refractivity contribution in [1.29, 1.82) is 0 Å². The van der Waals surface area contributed by atoms with Crippen molar-refractivity contribution in [3.05, 3.63) is 21.9 Å². The molecule has 1 atom stereocenters. The number of nitrogens with one attached hydrogen (secondary N) is 1. The Bertz CT molecular complexity index is 403. The summed E-state index contributed by atoms with van der Waals surface area (Å²) in [7, 11) is 0. The van der Waals surface area contributed by atoms with Crippen LogP contribution < -0.4 is 10.8 Å². The van der Waals surface area contributed by atoms with Gasteiger partial charge >= 0.3 is 0 Å². The summed E-state index contributed by atoms with van der Waals surface area (Å²) >= 11 is 5.83. The number of fused-ring (bicyclic) bond motifs is 1. The van der Waals surface area contributed by atoms with Gasteiger partial charge in [0.1, 0.15) is 5.69 Å². The molecular formula is C8H8ClN3O. The lowest BCUT2D eigenvalue weighted by atomic mass is 10.1. The fourth-order valence-electron chi connectivity index (χ4n) is 1.33. The van der Waals surface area contributed by atoms with Gasteiger partial charge in [0.2, 0.25) is 0 Å². The SMILES string of the molecule is Cc1c(N)c(Cl)cc2c1N=C[NH+]2[O-]. The predicted molar refractivity (Wildman–Crippen MR) is 52.7 cm³/mol. The van der Waals surface area contributed by atoms with Crippen LogP contribution in [0.1, 0.15) is 5.56 Å². The van der Waals surface area contributed by atoms with Crippen LogP contribution in [0.5, 0.6) is 0 Å². The molecule has 1 aromatic carbocycles. The van der Waals surface area contributed by atoms with Crippen LogP contribution >= 0.6 is 11.6 Å². The minimum absolute atomic E-state index is 0.111. The van der Waals surface area contributed by atoms with E-state index < -0.39 is 0 Å². The lowest BCUT2D eigenvalue weighted by Gasteiger charge is -2.13. The minimum atomic E-state index is -0.111. The molecular weight excluding hydrogens is 190 g/mol. The number of halogens is 1. The molecule has 1 aliphatic rings. The van der Waals surface area contributed by atoms with Gasteiger partial charge in [0.15, 0.2) is 12.0 Å². The van der Waals surface area contributed by atoms with Crippen LogP contribution in [-0.2, 0) is 0 Å². The maximum Gasteiger partial charge on any atom is 0.194 e. The lowest BCUT2D eigenvalue weighted by Crippen LogP contribution is -2.99. The molecule has 13 heavy (non-hydrogen) atoms. The number of quaternary nitrogens is 1. The number of hydrogen-bond acceptors (Lipinski definition) is 3. The summed E-state index contributed by atoms with van der Waals surface area (Å²) in [5, 5.41) is 11.5. The second-order valence-electron chi connectivity index (χ2n) is 2.92. The summed E-state index contributed by atoms with van der Waals surface area (Å²) in [6, 6.07) is 1.56. The van der Waals surface area contributed by atoms with E-state index in [0.29, 0.717) is 22.1 Å². The average molecular weight is 198 g/mol. The van der Waals surface area contributed by atoms with Crippen LogP contribution in [0.15, 0.2) is 11.1 Å². The molecule has 68 valence electrons. The first-order valence-electron chi connectivity index (χ1n) is 3.78. The topological polar surface area (TPSA) is 65.9 Å². The maximum atomic E-state index is 11.2. The van der Waals surface area contributed by atoms with Gasteiger partial charge in [-0.05, 0) is 6.92 Å². The van der Waals surface area contributed by atoms with Gasteiger partial charge in [-0.25, -0.2) is 0 Å². The van der Waals surface area contributed by atoms with Gasteiger partial charge in [-0.1, -0.05) is 11.6 Å². The molecule has 0 bridgehead atoms. The second-order valence-corrected chi connectivity index (χ2v) is 3.32. The molecule has 0 saturated heterocycles. The number of hydrogen-bond donors (Lipinski definition) is 2. The fourth-order valence-corrected chi connectivity index (χ4v) is 1.58. The van der Waals surface area contributed by atoms with Crippen molar-refractivity contribution in [3.63, 3.8) is 0 Å². The Kier molecular flexibility index (Phi) is 1.76. The van der Waals surface area contributed by atoms with Crippen LogP contribution in [0.4, 0.5) is 17.1 Å². The highest BCUT2D eigenvalue weighted by atomic mass is 35.5. The highest BCUT2D eigenvalue weighted by Crippen LogP contribution is 2.36. The fraction of sp³-hybridized carbons (Fsp3) is 0.125. The van der Waals surface area contributed by atoms with Crippen LogP contribution in [-0.4, -0.2) is 6.34 Å². The van der Waals surface area contributed by atoms with E-state index in [-0.39, 0.29) is 5.06 Å². The molecule has 0 fully saturated rings. The largest absolute Gasteiger partial charge is 0.623 e. The molecule has 1 heterocycles. The molecule has 4 nitrogen and oxygen atoms in total. The van der Waals surface area contributed by atoms with Crippen molar-refractivity contribution >= 4 is 35.0 Å². The third-order valence-electron chi connectivity index (χ3n) is 2.12. The van der Waals surface area contributed by atoms with E-state index in [1.165, 1.54) is 6.34 Å². The van der Waals surface area contributed by atoms with E-state index in [2.05, 4.69) is 4.99 Å². The van der Waals surface area contributed by atoms with Crippen molar-refractivity contribution in [2.24, 2.45) is 4.99 Å². The maximum absolute atomic E-state index is 11.2. The lowest BCUT2D eigenvalue weighted by molar-refractivity contribution is -0.655. The van der Waals surface area contributed by atoms with Gasteiger partial charge in [0, 0.05) is 11.6 Å². The number of nitrogens with two attached hydrogens (primary N) is 1. The molecule has 0 aliphatic carbocycles. The van der Waals surface area contributed by atoms with Crippen molar-refractivity contribution in [1.82, 2.24) is 0 Å². The Balaban J connectivity index is 2.72. The number of nitrogens with zero attached hydrogens (tertiary/aromatic N) is 1. The molecule has 0 amide bonds. The summed E-state index contributed by atoms with van der Waals surface area (Å²) in [6.45, 7) is 1.80. The molecule has 3 N–H and O–H groups in total. The van der Waals surface area contributed by atoms with E-state index in [1.807, 2.05) is 0 Å². The van der Waals surface area contributed by atoms with Crippen LogP contribution in [0.25, 0.3) is 0 Å².